The van der Waals surface area contributed by atoms with E-state index in [4.69, 9.17) is 0 Å². The third kappa shape index (κ3) is 2.99. The second kappa shape index (κ2) is 6.72. The van der Waals surface area contributed by atoms with Gasteiger partial charge in [-0.25, -0.2) is 9.67 Å². The SMILES string of the molecule is C=C1Nc2ncnn2C(c2ccc(Br)cc2)C1C(=O)Nc1ccccn1. The molecular weight excluding hydrogens is 396 g/mol. The Morgan fingerprint density at radius 3 is 2.73 bits per heavy atom. The van der Waals surface area contributed by atoms with Crippen LogP contribution in [0.3, 0.4) is 0 Å². The highest BCUT2D eigenvalue weighted by atomic mass is 79.9. The number of carbonyl (C=O) groups is 1. The second-order valence-corrected chi connectivity index (χ2v) is 6.77. The number of hydrogen-bond acceptors (Lipinski definition) is 5. The summed E-state index contributed by atoms with van der Waals surface area (Å²) in [6.07, 6.45) is 3.09. The minimum atomic E-state index is -0.576. The number of halogens is 1. The molecule has 130 valence electrons. The number of nitrogens with one attached hydrogen (secondary N) is 2. The van der Waals surface area contributed by atoms with E-state index in [2.05, 4.69) is 48.2 Å². The highest BCUT2D eigenvalue weighted by Crippen LogP contribution is 2.37. The minimum Gasteiger partial charge on any atom is -0.328 e. The number of fused-ring (bicyclic) bond motifs is 1. The molecule has 3 heterocycles. The molecule has 0 bridgehead atoms. The maximum atomic E-state index is 13.0. The van der Waals surface area contributed by atoms with E-state index >= 15 is 0 Å². The van der Waals surface area contributed by atoms with Gasteiger partial charge in [-0.15, -0.1) is 0 Å². The molecule has 2 aromatic heterocycles. The zero-order valence-corrected chi connectivity index (χ0v) is 15.2. The molecule has 2 atom stereocenters. The first kappa shape index (κ1) is 16.5. The summed E-state index contributed by atoms with van der Waals surface area (Å²) in [7, 11) is 0. The minimum absolute atomic E-state index is 0.213. The molecule has 0 saturated heterocycles. The van der Waals surface area contributed by atoms with Crippen LogP contribution in [0.25, 0.3) is 0 Å². The molecule has 2 unspecified atom stereocenters. The average molecular weight is 411 g/mol. The maximum Gasteiger partial charge on any atom is 0.237 e. The first-order valence-electron chi connectivity index (χ1n) is 7.96. The van der Waals surface area contributed by atoms with Gasteiger partial charge in [-0.2, -0.15) is 10.1 Å². The van der Waals surface area contributed by atoms with Crippen LogP contribution in [-0.2, 0) is 4.79 Å². The summed E-state index contributed by atoms with van der Waals surface area (Å²) in [5.41, 5.74) is 1.50. The Morgan fingerprint density at radius 2 is 2.00 bits per heavy atom. The van der Waals surface area contributed by atoms with Crippen LogP contribution in [0.4, 0.5) is 11.8 Å². The van der Waals surface area contributed by atoms with Crippen molar-refractivity contribution in [3.05, 3.63) is 77.3 Å². The van der Waals surface area contributed by atoms with Crippen LogP contribution in [0.2, 0.25) is 0 Å². The van der Waals surface area contributed by atoms with Crippen molar-refractivity contribution in [3.8, 4) is 0 Å². The van der Waals surface area contributed by atoms with Gasteiger partial charge in [0.2, 0.25) is 11.9 Å². The van der Waals surface area contributed by atoms with E-state index in [0.717, 1.165) is 10.0 Å². The van der Waals surface area contributed by atoms with E-state index in [1.807, 2.05) is 30.3 Å². The van der Waals surface area contributed by atoms with E-state index in [1.165, 1.54) is 6.33 Å². The van der Waals surface area contributed by atoms with Crippen molar-refractivity contribution in [1.82, 2.24) is 19.7 Å². The Morgan fingerprint density at radius 1 is 1.19 bits per heavy atom. The van der Waals surface area contributed by atoms with Crippen LogP contribution in [0.1, 0.15) is 11.6 Å². The number of carbonyl (C=O) groups excluding carboxylic acids is 1. The number of anilines is 2. The lowest BCUT2D eigenvalue weighted by Crippen LogP contribution is -2.39. The molecular formula is C18H15BrN6O. The average Bonchev–Trinajstić information content (AvgIpc) is 3.10. The molecule has 4 rings (SSSR count). The van der Waals surface area contributed by atoms with Gasteiger partial charge in [0.15, 0.2) is 0 Å². The standard InChI is InChI=1S/C18H15BrN6O/c1-11-15(17(26)24-14-4-2-3-9-20-14)16(12-5-7-13(19)8-6-12)25-18(23-11)21-10-22-25/h2-10,15-16H,1H2,(H,20,24,26)(H,21,22,23). The molecule has 3 aromatic rings. The van der Waals surface area contributed by atoms with Gasteiger partial charge in [-0.1, -0.05) is 40.7 Å². The van der Waals surface area contributed by atoms with E-state index < -0.39 is 5.92 Å². The summed E-state index contributed by atoms with van der Waals surface area (Å²) in [6, 6.07) is 12.8. The summed E-state index contributed by atoms with van der Waals surface area (Å²) in [6.45, 7) is 4.05. The third-order valence-electron chi connectivity index (χ3n) is 4.21. The van der Waals surface area contributed by atoms with Crippen molar-refractivity contribution in [3.63, 3.8) is 0 Å². The Labute approximate surface area is 158 Å². The number of pyridine rings is 1. The molecule has 0 aliphatic carbocycles. The highest BCUT2D eigenvalue weighted by molar-refractivity contribution is 9.10. The predicted octanol–water partition coefficient (Wildman–Crippen LogP) is 3.22. The fraction of sp³-hybridized carbons (Fsp3) is 0.111. The Hall–Kier alpha value is -3.00. The molecule has 0 radical (unpaired) electrons. The number of nitrogens with zero attached hydrogens (tertiary/aromatic N) is 4. The normalized spacial score (nSPS) is 18.7. The molecule has 26 heavy (non-hydrogen) atoms. The molecule has 1 aliphatic rings. The first-order valence-corrected chi connectivity index (χ1v) is 8.75. The van der Waals surface area contributed by atoms with Crippen molar-refractivity contribution in [2.45, 2.75) is 6.04 Å². The predicted molar refractivity (Wildman–Crippen MR) is 101 cm³/mol. The molecule has 7 nitrogen and oxygen atoms in total. The van der Waals surface area contributed by atoms with E-state index in [9.17, 15) is 4.79 Å². The number of hydrogen-bond donors (Lipinski definition) is 2. The number of aromatic nitrogens is 4. The van der Waals surface area contributed by atoms with Gasteiger partial charge < -0.3 is 10.6 Å². The van der Waals surface area contributed by atoms with Gasteiger partial charge in [0.1, 0.15) is 18.1 Å². The zero-order chi connectivity index (χ0) is 18.1. The molecule has 0 spiro atoms. The van der Waals surface area contributed by atoms with Crippen LogP contribution in [0.15, 0.2) is 71.7 Å². The second-order valence-electron chi connectivity index (χ2n) is 5.86. The van der Waals surface area contributed by atoms with Gasteiger partial charge in [-0.05, 0) is 29.8 Å². The van der Waals surface area contributed by atoms with Gasteiger partial charge in [0.25, 0.3) is 0 Å². The largest absolute Gasteiger partial charge is 0.328 e. The lowest BCUT2D eigenvalue weighted by atomic mass is 9.88. The summed E-state index contributed by atoms with van der Waals surface area (Å²) in [4.78, 5) is 21.4. The van der Waals surface area contributed by atoms with Crippen LogP contribution in [-0.4, -0.2) is 25.7 Å². The van der Waals surface area contributed by atoms with Crippen molar-refractivity contribution in [2.24, 2.45) is 5.92 Å². The fourth-order valence-electron chi connectivity index (χ4n) is 3.03. The topological polar surface area (TPSA) is 84.7 Å². The van der Waals surface area contributed by atoms with Gasteiger partial charge in [0, 0.05) is 16.4 Å². The number of amides is 1. The lowest BCUT2D eigenvalue weighted by molar-refractivity contribution is -0.119. The quantitative estimate of drug-likeness (QED) is 0.692. The Balaban J connectivity index is 1.74. The highest BCUT2D eigenvalue weighted by Gasteiger charge is 2.39. The van der Waals surface area contributed by atoms with Crippen LogP contribution < -0.4 is 10.6 Å². The van der Waals surface area contributed by atoms with Gasteiger partial charge in [-0.3, -0.25) is 4.79 Å². The molecule has 8 heteroatoms. The first-order chi connectivity index (χ1) is 12.6. The van der Waals surface area contributed by atoms with Gasteiger partial charge >= 0.3 is 0 Å². The maximum absolute atomic E-state index is 13.0. The Kier molecular flexibility index (Phi) is 4.26. The van der Waals surface area contributed by atoms with E-state index in [-0.39, 0.29) is 11.9 Å². The molecule has 1 amide bonds. The van der Waals surface area contributed by atoms with Crippen LogP contribution in [0, 0.1) is 5.92 Å². The van der Waals surface area contributed by atoms with Crippen molar-refractivity contribution < 1.29 is 4.79 Å². The zero-order valence-electron chi connectivity index (χ0n) is 13.6. The molecule has 2 N–H and O–H groups in total. The number of benzene rings is 1. The Bertz CT molecular complexity index is 953. The van der Waals surface area contributed by atoms with Crippen molar-refractivity contribution >= 4 is 33.6 Å². The number of rotatable bonds is 3. The summed E-state index contributed by atoms with van der Waals surface area (Å²) in [5.74, 6) is 0.261. The van der Waals surface area contributed by atoms with Crippen molar-refractivity contribution in [2.75, 3.05) is 10.6 Å². The van der Waals surface area contributed by atoms with E-state index in [1.54, 1.807) is 23.0 Å². The summed E-state index contributed by atoms with van der Waals surface area (Å²) < 4.78 is 2.67. The van der Waals surface area contributed by atoms with Crippen LogP contribution in [0.5, 0.6) is 0 Å². The summed E-state index contributed by atoms with van der Waals surface area (Å²) >= 11 is 3.44. The lowest BCUT2D eigenvalue weighted by Gasteiger charge is -2.33. The van der Waals surface area contributed by atoms with Gasteiger partial charge in [0.05, 0.1) is 6.04 Å². The van der Waals surface area contributed by atoms with E-state index in [0.29, 0.717) is 17.5 Å². The molecule has 0 saturated carbocycles. The smallest absolute Gasteiger partial charge is 0.237 e. The molecule has 1 aromatic carbocycles. The third-order valence-corrected chi connectivity index (χ3v) is 4.74. The fourth-order valence-corrected chi connectivity index (χ4v) is 3.30. The monoisotopic (exact) mass is 410 g/mol. The van der Waals surface area contributed by atoms with Crippen molar-refractivity contribution in [1.29, 1.82) is 0 Å². The molecule has 0 fully saturated rings. The summed E-state index contributed by atoms with van der Waals surface area (Å²) in [5, 5.41) is 10.2. The molecule has 1 aliphatic heterocycles. The van der Waals surface area contributed by atoms with Crippen LogP contribution >= 0.6 is 15.9 Å².